The summed E-state index contributed by atoms with van der Waals surface area (Å²) in [6.07, 6.45) is 5.41. The zero-order valence-corrected chi connectivity index (χ0v) is 5.26. The third-order valence-electron chi connectivity index (χ3n) is 2.27. The summed E-state index contributed by atoms with van der Waals surface area (Å²) in [6.45, 7) is 2.32. The third-order valence-corrected chi connectivity index (χ3v) is 2.27. The summed E-state index contributed by atoms with van der Waals surface area (Å²) in [7, 11) is 0. The summed E-state index contributed by atoms with van der Waals surface area (Å²) in [5.41, 5.74) is 0. The van der Waals surface area contributed by atoms with E-state index in [0.717, 1.165) is 5.92 Å². The first-order chi connectivity index (χ1) is 3.86. The molecule has 0 spiro atoms. The number of rotatable bonds is 0. The van der Waals surface area contributed by atoms with Crippen molar-refractivity contribution in [3.05, 3.63) is 0 Å². The second-order valence-electron chi connectivity index (χ2n) is 3.13. The lowest BCUT2D eigenvalue weighted by Gasteiger charge is -2.11. The van der Waals surface area contributed by atoms with Gasteiger partial charge in [-0.25, -0.2) is 0 Å². The molecule has 1 nitrogen and oxygen atoms in total. The van der Waals surface area contributed by atoms with Gasteiger partial charge in [-0.3, -0.25) is 0 Å². The Balaban J connectivity index is 1.93. The highest BCUT2D eigenvalue weighted by molar-refractivity contribution is 4.90. The molecule has 8 heavy (non-hydrogen) atoms. The van der Waals surface area contributed by atoms with Crippen molar-refractivity contribution in [2.75, 3.05) is 0 Å². The summed E-state index contributed by atoms with van der Waals surface area (Å²) in [5, 5.41) is 0. The average Bonchev–Trinajstić information content (AvgIpc) is 2.43. The van der Waals surface area contributed by atoms with E-state index in [0.29, 0.717) is 12.2 Å². The molecule has 2 aliphatic rings. The van der Waals surface area contributed by atoms with Crippen LogP contribution >= 0.6 is 0 Å². The van der Waals surface area contributed by atoms with Gasteiger partial charge < -0.3 is 4.74 Å². The Morgan fingerprint density at radius 2 is 2.12 bits per heavy atom. The van der Waals surface area contributed by atoms with Gasteiger partial charge in [0.05, 0.1) is 12.2 Å². The van der Waals surface area contributed by atoms with E-state index < -0.39 is 0 Å². The summed E-state index contributed by atoms with van der Waals surface area (Å²) in [5.74, 6) is 0.929. The fourth-order valence-corrected chi connectivity index (χ4v) is 1.60. The molecule has 0 aromatic carbocycles. The molecular formula is C7H12O. The van der Waals surface area contributed by atoms with Crippen LogP contribution in [-0.2, 0) is 4.74 Å². The molecule has 1 aliphatic heterocycles. The number of fused-ring (bicyclic) bond motifs is 1. The molecule has 1 aliphatic carbocycles. The van der Waals surface area contributed by atoms with Crippen LogP contribution in [0.4, 0.5) is 0 Å². The van der Waals surface area contributed by atoms with Crippen molar-refractivity contribution in [1.82, 2.24) is 0 Å². The molecule has 0 N–H and O–H groups in total. The molecule has 3 atom stereocenters. The molecule has 1 heteroatoms. The van der Waals surface area contributed by atoms with Crippen molar-refractivity contribution in [1.29, 1.82) is 0 Å². The van der Waals surface area contributed by atoms with Crippen molar-refractivity contribution in [2.45, 2.75) is 38.4 Å². The molecule has 0 aromatic heterocycles. The molecular weight excluding hydrogens is 100 g/mol. The Labute approximate surface area is 50.0 Å². The lowest BCUT2D eigenvalue weighted by Crippen LogP contribution is -2.09. The van der Waals surface area contributed by atoms with Crippen LogP contribution in [0.25, 0.3) is 0 Å². The highest BCUT2D eigenvalue weighted by atomic mass is 16.6. The maximum absolute atomic E-state index is 5.35. The maximum atomic E-state index is 5.35. The second kappa shape index (κ2) is 1.47. The largest absolute Gasteiger partial charge is 0.370 e. The summed E-state index contributed by atoms with van der Waals surface area (Å²) >= 11 is 0. The molecule has 0 radical (unpaired) electrons. The lowest BCUT2D eigenvalue weighted by atomic mass is 9.91. The fraction of sp³-hybridized carbons (Fsp3) is 1.00. The van der Waals surface area contributed by atoms with Crippen molar-refractivity contribution in [3.63, 3.8) is 0 Å². The van der Waals surface area contributed by atoms with Gasteiger partial charge in [-0.2, -0.15) is 0 Å². The van der Waals surface area contributed by atoms with Crippen molar-refractivity contribution in [3.8, 4) is 0 Å². The molecule has 0 amide bonds. The Hall–Kier alpha value is -0.0400. The number of ether oxygens (including phenoxy) is 1. The normalized spacial score (nSPS) is 52.9. The number of hydrogen-bond acceptors (Lipinski definition) is 1. The van der Waals surface area contributed by atoms with Gasteiger partial charge in [-0.1, -0.05) is 6.92 Å². The standard InChI is InChI=1S/C7H12O/c1-5-2-3-6-7(4-5)8-6/h5-7H,2-4H2,1H3/t5?,6-,7+/m1/s1. The first-order valence-corrected chi connectivity index (χ1v) is 3.52. The lowest BCUT2D eigenvalue weighted by molar-refractivity contribution is 0.367. The van der Waals surface area contributed by atoms with E-state index >= 15 is 0 Å². The average molecular weight is 112 g/mol. The molecule has 1 heterocycles. The summed E-state index contributed by atoms with van der Waals surface area (Å²) in [4.78, 5) is 0. The van der Waals surface area contributed by atoms with Gasteiger partial charge in [-0.15, -0.1) is 0 Å². The minimum Gasteiger partial charge on any atom is -0.370 e. The highest BCUT2D eigenvalue weighted by Crippen LogP contribution is 2.38. The molecule has 2 rings (SSSR count). The van der Waals surface area contributed by atoms with Crippen LogP contribution in [0.2, 0.25) is 0 Å². The minimum atomic E-state index is 0.679. The fourth-order valence-electron chi connectivity index (χ4n) is 1.60. The highest BCUT2D eigenvalue weighted by Gasteiger charge is 2.42. The molecule has 1 saturated carbocycles. The number of epoxide rings is 1. The van der Waals surface area contributed by atoms with E-state index in [2.05, 4.69) is 6.92 Å². The molecule has 1 unspecified atom stereocenters. The Morgan fingerprint density at radius 1 is 1.25 bits per heavy atom. The van der Waals surface area contributed by atoms with Crippen LogP contribution < -0.4 is 0 Å². The van der Waals surface area contributed by atoms with Crippen molar-refractivity contribution in [2.24, 2.45) is 5.92 Å². The van der Waals surface area contributed by atoms with Crippen LogP contribution in [0.1, 0.15) is 26.2 Å². The summed E-state index contributed by atoms with van der Waals surface area (Å²) in [6, 6.07) is 0. The van der Waals surface area contributed by atoms with E-state index in [1.54, 1.807) is 0 Å². The predicted molar refractivity (Wildman–Crippen MR) is 31.7 cm³/mol. The Bertz CT molecular complexity index is 101. The molecule has 0 bridgehead atoms. The number of hydrogen-bond donors (Lipinski definition) is 0. The molecule has 46 valence electrons. The van der Waals surface area contributed by atoms with Gasteiger partial charge in [0.25, 0.3) is 0 Å². The zero-order valence-electron chi connectivity index (χ0n) is 5.26. The minimum absolute atomic E-state index is 0.679. The molecule has 0 aromatic rings. The molecule has 2 fully saturated rings. The van der Waals surface area contributed by atoms with E-state index in [1.165, 1.54) is 19.3 Å². The van der Waals surface area contributed by atoms with Gasteiger partial charge >= 0.3 is 0 Å². The van der Waals surface area contributed by atoms with Gasteiger partial charge in [0.1, 0.15) is 0 Å². The quantitative estimate of drug-likeness (QED) is 0.433. The first-order valence-electron chi connectivity index (χ1n) is 3.52. The van der Waals surface area contributed by atoms with E-state index in [1.807, 2.05) is 0 Å². The van der Waals surface area contributed by atoms with E-state index in [9.17, 15) is 0 Å². The van der Waals surface area contributed by atoms with E-state index in [4.69, 9.17) is 4.74 Å². The van der Waals surface area contributed by atoms with Gasteiger partial charge in [-0.05, 0) is 25.2 Å². The van der Waals surface area contributed by atoms with Gasteiger partial charge in [0.2, 0.25) is 0 Å². The Kier molecular flexibility index (Phi) is 0.884. The zero-order chi connectivity index (χ0) is 5.56. The summed E-state index contributed by atoms with van der Waals surface area (Å²) < 4.78 is 5.35. The van der Waals surface area contributed by atoms with Crippen LogP contribution in [0, 0.1) is 5.92 Å². The smallest absolute Gasteiger partial charge is 0.0844 e. The topological polar surface area (TPSA) is 12.5 Å². The maximum Gasteiger partial charge on any atom is 0.0844 e. The third kappa shape index (κ3) is 0.655. The van der Waals surface area contributed by atoms with Gasteiger partial charge in [0.15, 0.2) is 0 Å². The van der Waals surface area contributed by atoms with Crippen LogP contribution in [0.5, 0.6) is 0 Å². The van der Waals surface area contributed by atoms with Crippen molar-refractivity contribution < 1.29 is 4.74 Å². The van der Waals surface area contributed by atoms with Crippen LogP contribution in [-0.4, -0.2) is 12.2 Å². The first kappa shape index (κ1) is 4.80. The Morgan fingerprint density at radius 3 is 2.75 bits per heavy atom. The molecule has 1 saturated heterocycles. The second-order valence-corrected chi connectivity index (χ2v) is 3.13. The van der Waals surface area contributed by atoms with Crippen LogP contribution in [0.15, 0.2) is 0 Å². The van der Waals surface area contributed by atoms with Crippen LogP contribution in [0.3, 0.4) is 0 Å². The van der Waals surface area contributed by atoms with Crippen molar-refractivity contribution >= 4 is 0 Å². The SMILES string of the molecule is CC1CC[C@H]2O[C@H]2C1. The van der Waals surface area contributed by atoms with Gasteiger partial charge in [0, 0.05) is 0 Å². The predicted octanol–water partition coefficient (Wildman–Crippen LogP) is 1.57. The monoisotopic (exact) mass is 112 g/mol. The van der Waals surface area contributed by atoms with E-state index in [-0.39, 0.29) is 0 Å².